The third-order valence-electron chi connectivity index (χ3n) is 3.80. The molecule has 1 aromatic rings. The number of halogens is 1. The van der Waals surface area contributed by atoms with Crippen molar-refractivity contribution < 1.29 is 0 Å². The summed E-state index contributed by atoms with van der Waals surface area (Å²) >= 11 is 2.41. The van der Waals surface area contributed by atoms with Crippen LogP contribution >= 0.6 is 22.6 Å². The van der Waals surface area contributed by atoms with Crippen LogP contribution in [0.15, 0.2) is 18.2 Å². The van der Waals surface area contributed by atoms with Gasteiger partial charge in [-0.25, -0.2) is 0 Å². The lowest BCUT2D eigenvalue weighted by molar-refractivity contribution is 0.177. The van der Waals surface area contributed by atoms with Crippen molar-refractivity contribution in [2.24, 2.45) is 0 Å². The number of nitrogens with one attached hydrogen (secondary N) is 1. The molecule has 1 heterocycles. The Morgan fingerprint density at radius 2 is 1.94 bits per heavy atom. The van der Waals surface area contributed by atoms with Gasteiger partial charge in [0.2, 0.25) is 0 Å². The summed E-state index contributed by atoms with van der Waals surface area (Å²) in [4.78, 5) is 2.57. The fraction of sp³-hybridized carbons (Fsp3) is 0.600. The monoisotopic (exact) mass is 358 g/mol. The fourth-order valence-corrected chi connectivity index (χ4v) is 2.99. The van der Waals surface area contributed by atoms with Crippen molar-refractivity contribution in [3.05, 3.63) is 27.3 Å². The zero-order chi connectivity index (χ0) is 13.1. The second-order valence-corrected chi connectivity index (χ2v) is 6.67. The molecule has 1 saturated heterocycles. The van der Waals surface area contributed by atoms with Gasteiger partial charge in [0, 0.05) is 34.4 Å². The van der Waals surface area contributed by atoms with Crippen molar-refractivity contribution in [2.45, 2.75) is 45.7 Å². The highest BCUT2D eigenvalue weighted by molar-refractivity contribution is 14.1. The Labute approximate surface area is 124 Å². The molecule has 1 aromatic carbocycles. The van der Waals surface area contributed by atoms with Crippen LogP contribution < -0.4 is 5.32 Å². The van der Waals surface area contributed by atoms with Gasteiger partial charge < -0.3 is 10.2 Å². The van der Waals surface area contributed by atoms with Gasteiger partial charge in [-0.15, -0.1) is 0 Å². The van der Waals surface area contributed by atoms with Crippen molar-refractivity contribution in [2.75, 3.05) is 18.4 Å². The van der Waals surface area contributed by atoms with Crippen molar-refractivity contribution in [3.8, 4) is 0 Å². The lowest BCUT2D eigenvalue weighted by Crippen LogP contribution is -2.42. The van der Waals surface area contributed by atoms with Gasteiger partial charge in [0.1, 0.15) is 0 Å². The molecule has 1 N–H and O–H groups in total. The SMILES string of the molecule is Cc1ccc(NC2CCN(C(C)C)CC2)cc1I. The first-order chi connectivity index (χ1) is 8.56. The van der Waals surface area contributed by atoms with Gasteiger partial charge >= 0.3 is 0 Å². The van der Waals surface area contributed by atoms with E-state index >= 15 is 0 Å². The van der Waals surface area contributed by atoms with E-state index in [-0.39, 0.29) is 0 Å². The molecule has 1 fully saturated rings. The largest absolute Gasteiger partial charge is 0.382 e. The number of benzene rings is 1. The lowest BCUT2D eigenvalue weighted by Gasteiger charge is -2.35. The summed E-state index contributed by atoms with van der Waals surface area (Å²) < 4.78 is 1.34. The van der Waals surface area contributed by atoms with E-state index in [1.54, 1.807) is 0 Å². The molecule has 0 saturated carbocycles. The predicted molar refractivity (Wildman–Crippen MR) is 87.2 cm³/mol. The van der Waals surface area contributed by atoms with Crippen LogP contribution in [0.4, 0.5) is 5.69 Å². The first-order valence-corrected chi connectivity index (χ1v) is 7.91. The number of anilines is 1. The van der Waals surface area contributed by atoms with Gasteiger partial charge in [0.25, 0.3) is 0 Å². The van der Waals surface area contributed by atoms with Crippen LogP contribution in [0.25, 0.3) is 0 Å². The molecule has 2 nitrogen and oxygen atoms in total. The first kappa shape index (κ1) is 14.1. The summed E-state index contributed by atoms with van der Waals surface area (Å²) in [6, 6.07) is 7.98. The molecule has 0 spiro atoms. The number of hydrogen-bond acceptors (Lipinski definition) is 2. The average Bonchev–Trinajstić information content (AvgIpc) is 2.34. The van der Waals surface area contributed by atoms with E-state index in [9.17, 15) is 0 Å². The van der Waals surface area contributed by atoms with Crippen LogP contribution in [0.2, 0.25) is 0 Å². The number of piperidine rings is 1. The van der Waals surface area contributed by atoms with Crippen molar-refractivity contribution >= 4 is 28.3 Å². The van der Waals surface area contributed by atoms with E-state index < -0.39 is 0 Å². The van der Waals surface area contributed by atoms with E-state index in [0.717, 1.165) is 0 Å². The van der Waals surface area contributed by atoms with Gasteiger partial charge in [-0.1, -0.05) is 6.07 Å². The van der Waals surface area contributed by atoms with Crippen molar-refractivity contribution in [1.29, 1.82) is 0 Å². The normalized spacial score (nSPS) is 18.3. The van der Waals surface area contributed by atoms with E-state index in [4.69, 9.17) is 0 Å². The Bertz CT molecular complexity index is 395. The number of hydrogen-bond donors (Lipinski definition) is 1. The van der Waals surface area contributed by atoms with E-state index in [2.05, 4.69) is 71.8 Å². The second-order valence-electron chi connectivity index (χ2n) is 5.51. The molecule has 2 rings (SSSR count). The second kappa shape index (κ2) is 6.24. The smallest absolute Gasteiger partial charge is 0.0353 e. The number of aryl methyl sites for hydroxylation is 1. The van der Waals surface area contributed by atoms with Crippen LogP contribution in [0, 0.1) is 10.5 Å². The highest BCUT2D eigenvalue weighted by Gasteiger charge is 2.20. The van der Waals surface area contributed by atoms with Crippen LogP contribution in [0.3, 0.4) is 0 Å². The Morgan fingerprint density at radius 1 is 1.28 bits per heavy atom. The summed E-state index contributed by atoms with van der Waals surface area (Å²) in [5, 5.41) is 3.68. The van der Waals surface area contributed by atoms with Crippen LogP contribution in [-0.4, -0.2) is 30.1 Å². The maximum Gasteiger partial charge on any atom is 0.0353 e. The fourth-order valence-electron chi connectivity index (χ4n) is 2.48. The first-order valence-electron chi connectivity index (χ1n) is 6.83. The third kappa shape index (κ3) is 3.60. The summed E-state index contributed by atoms with van der Waals surface area (Å²) in [6.07, 6.45) is 2.51. The molecular formula is C15H23IN2. The Kier molecular flexibility index (Phi) is 4.90. The quantitative estimate of drug-likeness (QED) is 0.825. The standard InChI is InChI=1S/C15H23IN2/c1-11(2)18-8-6-13(7-9-18)17-14-5-4-12(3)15(16)10-14/h4-5,10-11,13,17H,6-9H2,1-3H3. The van der Waals surface area contributed by atoms with Gasteiger partial charge in [-0.05, 0) is 73.9 Å². The molecule has 0 bridgehead atoms. The van der Waals surface area contributed by atoms with E-state index in [1.165, 1.54) is 40.8 Å². The van der Waals surface area contributed by atoms with E-state index in [1.807, 2.05) is 0 Å². The van der Waals surface area contributed by atoms with Gasteiger partial charge in [-0.3, -0.25) is 0 Å². The highest BCUT2D eigenvalue weighted by atomic mass is 127. The molecule has 3 heteroatoms. The van der Waals surface area contributed by atoms with Crippen LogP contribution in [-0.2, 0) is 0 Å². The molecule has 100 valence electrons. The topological polar surface area (TPSA) is 15.3 Å². The summed E-state index contributed by atoms with van der Waals surface area (Å²) in [6.45, 7) is 9.18. The molecule has 0 radical (unpaired) electrons. The average molecular weight is 358 g/mol. The highest BCUT2D eigenvalue weighted by Crippen LogP contribution is 2.21. The van der Waals surface area contributed by atoms with Crippen LogP contribution in [0.5, 0.6) is 0 Å². The Balaban J connectivity index is 1.89. The van der Waals surface area contributed by atoms with Gasteiger partial charge in [0.15, 0.2) is 0 Å². The Morgan fingerprint density at radius 3 is 2.50 bits per heavy atom. The molecule has 0 aromatic heterocycles. The molecule has 0 amide bonds. The summed E-state index contributed by atoms with van der Waals surface area (Å²) in [5.41, 5.74) is 2.63. The molecule has 1 aliphatic rings. The lowest BCUT2D eigenvalue weighted by atomic mass is 10.0. The minimum Gasteiger partial charge on any atom is -0.382 e. The number of rotatable bonds is 3. The van der Waals surface area contributed by atoms with Crippen LogP contribution in [0.1, 0.15) is 32.3 Å². The maximum atomic E-state index is 3.68. The zero-order valence-corrected chi connectivity index (χ0v) is 13.7. The number of nitrogens with zero attached hydrogens (tertiary/aromatic N) is 1. The molecule has 0 unspecified atom stereocenters. The Hall–Kier alpha value is -0.290. The molecular weight excluding hydrogens is 335 g/mol. The minimum absolute atomic E-state index is 0.638. The van der Waals surface area contributed by atoms with E-state index in [0.29, 0.717) is 12.1 Å². The van der Waals surface area contributed by atoms with Crippen molar-refractivity contribution in [1.82, 2.24) is 4.90 Å². The summed E-state index contributed by atoms with van der Waals surface area (Å²) in [7, 11) is 0. The zero-order valence-electron chi connectivity index (χ0n) is 11.5. The van der Waals surface area contributed by atoms with Gasteiger partial charge in [-0.2, -0.15) is 0 Å². The predicted octanol–water partition coefficient (Wildman–Crippen LogP) is 3.88. The molecule has 18 heavy (non-hydrogen) atoms. The third-order valence-corrected chi connectivity index (χ3v) is 4.96. The molecule has 0 aliphatic carbocycles. The minimum atomic E-state index is 0.638. The van der Waals surface area contributed by atoms with Crippen molar-refractivity contribution in [3.63, 3.8) is 0 Å². The molecule has 0 atom stereocenters. The van der Waals surface area contributed by atoms with Gasteiger partial charge in [0.05, 0.1) is 0 Å². The maximum absolute atomic E-state index is 3.68. The molecule has 1 aliphatic heterocycles. The number of likely N-dealkylation sites (tertiary alicyclic amines) is 1. The summed E-state index contributed by atoms with van der Waals surface area (Å²) in [5.74, 6) is 0.